The van der Waals surface area contributed by atoms with Gasteiger partial charge >= 0.3 is 0 Å². The molecule has 1 aliphatic rings. The quantitative estimate of drug-likeness (QED) is 0.661. The lowest BCUT2D eigenvalue weighted by Gasteiger charge is -2.17. The fourth-order valence-corrected chi connectivity index (χ4v) is 2.76. The number of hydrogen-bond donors (Lipinski definition) is 0. The number of halogens is 2. The minimum absolute atomic E-state index is 0.109. The van der Waals surface area contributed by atoms with Gasteiger partial charge in [-0.3, -0.25) is 4.79 Å². The van der Waals surface area contributed by atoms with Crippen LogP contribution in [-0.2, 0) is 6.42 Å². The number of hydrogen-bond acceptors (Lipinski definition) is 1. The lowest BCUT2D eigenvalue weighted by Crippen LogP contribution is -2.13. The Morgan fingerprint density at radius 2 is 1.75 bits per heavy atom. The average Bonchev–Trinajstić information content (AvgIpc) is 2.46. The van der Waals surface area contributed by atoms with Gasteiger partial charge in [0.25, 0.3) is 0 Å². The molecule has 20 heavy (non-hydrogen) atoms. The molecule has 0 spiro atoms. The summed E-state index contributed by atoms with van der Waals surface area (Å²) in [5.74, 6) is 0.109. The van der Waals surface area contributed by atoms with Crippen molar-refractivity contribution in [2.45, 2.75) is 12.8 Å². The first kappa shape index (κ1) is 13.4. The zero-order valence-electron chi connectivity index (χ0n) is 10.7. The van der Waals surface area contributed by atoms with Gasteiger partial charge in [0.1, 0.15) is 0 Å². The van der Waals surface area contributed by atoms with Gasteiger partial charge in [-0.25, -0.2) is 0 Å². The van der Waals surface area contributed by atoms with Crippen molar-refractivity contribution >= 4 is 35.1 Å². The predicted molar refractivity (Wildman–Crippen MR) is 83.5 cm³/mol. The summed E-state index contributed by atoms with van der Waals surface area (Å²) in [4.78, 5) is 12.4. The molecule has 0 amide bonds. The Hall–Kier alpha value is -1.57. The van der Waals surface area contributed by atoms with Gasteiger partial charge in [0.15, 0.2) is 5.78 Å². The Bertz CT molecular complexity index is 717. The Balaban J connectivity index is 1.97. The molecule has 0 heterocycles. The van der Waals surface area contributed by atoms with Crippen LogP contribution in [0.3, 0.4) is 0 Å². The van der Waals surface area contributed by atoms with Crippen LogP contribution in [-0.4, -0.2) is 5.78 Å². The van der Waals surface area contributed by atoms with Gasteiger partial charge < -0.3 is 0 Å². The molecule has 0 saturated heterocycles. The summed E-state index contributed by atoms with van der Waals surface area (Å²) >= 11 is 11.9. The zero-order valence-corrected chi connectivity index (χ0v) is 12.2. The SMILES string of the molecule is O=C1/C(=C\c2ccc(Cl)c(Cl)c2)CCc2ccccc21. The molecule has 0 aromatic heterocycles. The van der Waals surface area contributed by atoms with E-state index in [1.54, 1.807) is 12.1 Å². The standard InChI is InChI=1S/C17H12Cl2O/c18-15-8-5-11(10-16(15)19)9-13-7-6-12-3-1-2-4-14(12)17(13)20/h1-5,8-10H,6-7H2/b13-9-. The number of carbonyl (C=O) groups is 1. The first-order valence-corrected chi connectivity index (χ1v) is 7.19. The number of ketones is 1. The van der Waals surface area contributed by atoms with Crippen LogP contribution in [0, 0.1) is 0 Å². The first-order valence-electron chi connectivity index (χ1n) is 6.43. The third-order valence-corrected chi connectivity index (χ3v) is 4.24. The average molecular weight is 303 g/mol. The molecule has 0 unspecified atom stereocenters. The monoisotopic (exact) mass is 302 g/mol. The van der Waals surface area contributed by atoms with E-state index in [-0.39, 0.29) is 5.78 Å². The normalized spacial score (nSPS) is 16.3. The lowest BCUT2D eigenvalue weighted by molar-refractivity contribution is 0.102. The molecule has 1 aliphatic carbocycles. The van der Waals surface area contributed by atoms with Crippen molar-refractivity contribution in [1.29, 1.82) is 0 Å². The second kappa shape index (κ2) is 5.43. The molecule has 3 heteroatoms. The molecule has 0 bridgehead atoms. The molecule has 0 saturated carbocycles. The molecular formula is C17H12Cl2O. The predicted octanol–water partition coefficient (Wildman–Crippen LogP) is 5.21. The van der Waals surface area contributed by atoms with E-state index in [2.05, 4.69) is 0 Å². The molecule has 0 aliphatic heterocycles. The van der Waals surface area contributed by atoms with E-state index in [1.807, 2.05) is 36.4 Å². The highest BCUT2D eigenvalue weighted by Gasteiger charge is 2.21. The van der Waals surface area contributed by atoms with E-state index in [0.717, 1.165) is 35.1 Å². The van der Waals surface area contributed by atoms with Gasteiger partial charge in [0, 0.05) is 11.1 Å². The number of carbonyl (C=O) groups excluding carboxylic acids is 1. The van der Waals surface area contributed by atoms with Crippen molar-refractivity contribution in [3.63, 3.8) is 0 Å². The van der Waals surface area contributed by atoms with E-state index < -0.39 is 0 Å². The summed E-state index contributed by atoms with van der Waals surface area (Å²) in [5, 5.41) is 1.03. The number of Topliss-reactive ketones (excluding diaryl/α,β-unsaturated/α-hetero) is 1. The molecule has 0 N–H and O–H groups in total. The minimum atomic E-state index is 0.109. The van der Waals surface area contributed by atoms with Gasteiger partial charge in [-0.1, -0.05) is 53.5 Å². The lowest BCUT2D eigenvalue weighted by atomic mass is 9.86. The third kappa shape index (κ3) is 2.52. The second-order valence-electron chi connectivity index (χ2n) is 4.83. The summed E-state index contributed by atoms with van der Waals surface area (Å²) in [6.45, 7) is 0. The highest BCUT2D eigenvalue weighted by Crippen LogP contribution is 2.28. The van der Waals surface area contributed by atoms with Crippen molar-refractivity contribution in [2.75, 3.05) is 0 Å². The van der Waals surface area contributed by atoms with Crippen molar-refractivity contribution in [1.82, 2.24) is 0 Å². The van der Waals surface area contributed by atoms with Crippen LogP contribution in [0.4, 0.5) is 0 Å². The van der Waals surface area contributed by atoms with Gasteiger partial charge in [-0.2, -0.15) is 0 Å². The van der Waals surface area contributed by atoms with Crippen LogP contribution in [0.5, 0.6) is 0 Å². The topological polar surface area (TPSA) is 17.1 Å². The highest BCUT2D eigenvalue weighted by atomic mass is 35.5. The fraction of sp³-hybridized carbons (Fsp3) is 0.118. The third-order valence-electron chi connectivity index (χ3n) is 3.50. The molecule has 0 radical (unpaired) electrons. The Morgan fingerprint density at radius 1 is 0.950 bits per heavy atom. The minimum Gasteiger partial charge on any atom is -0.289 e. The smallest absolute Gasteiger partial charge is 0.189 e. The first-order chi connectivity index (χ1) is 9.65. The van der Waals surface area contributed by atoms with E-state index >= 15 is 0 Å². The van der Waals surface area contributed by atoms with Crippen molar-refractivity contribution in [3.8, 4) is 0 Å². The molecule has 3 rings (SSSR count). The van der Waals surface area contributed by atoms with Gasteiger partial charge in [0.05, 0.1) is 10.0 Å². The van der Waals surface area contributed by atoms with Crippen LogP contribution >= 0.6 is 23.2 Å². The number of rotatable bonds is 1. The maximum atomic E-state index is 12.4. The summed E-state index contributed by atoms with van der Waals surface area (Å²) in [5.41, 5.74) is 3.66. The van der Waals surface area contributed by atoms with Crippen LogP contribution < -0.4 is 0 Å². The van der Waals surface area contributed by atoms with Crippen LogP contribution in [0.25, 0.3) is 6.08 Å². The molecule has 2 aromatic carbocycles. The second-order valence-corrected chi connectivity index (χ2v) is 5.64. The van der Waals surface area contributed by atoms with Gasteiger partial charge in [0.2, 0.25) is 0 Å². The van der Waals surface area contributed by atoms with E-state index in [9.17, 15) is 4.79 Å². The van der Waals surface area contributed by atoms with Crippen LogP contribution in [0.1, 0.15) is 27.9 Å². The fourth-order valence-electron chi connectivity index (χ4n) is 2.46. The maximum absolute atomic E-state index is 12.4. The van der Waals surface area contributed by atoms with E-state index in [0.29, 0.717) is 10.0 Å². The summed E-state index contributed by atoms with van der Waals surface area (Å²) < 4.78 is 0. The van der Waals surface area contributed by atoms with Gasteiger partial charge in [-0.05, 0) is 42.2 Å². The number of aryl methyl sites for hydroxylation is 1. The van der Waals surface area contributed by atoms with Crippen molar-refractivity contribution in [3.05, 3.63) is 74.8 Å². The number of allylic oxidation sites excluding steroid dienone is 1. The number of benzene rings is 2. The zero-order chi connectivity index (χ0) is 14.1. The number of fused-ring (bicyclic) bond motifs is 1. The molecular weight excluding hydrogens is 291 g/mol. The summed E-state index contributed by atoms with van der Waals surface area (Å²) in [6.07, 6.45) is 3.56. The summed E-state index contributed by atoms with van der Waals surface area (Å²) in [7, 11) is 0. The molecule has 0 atom stereocenters. The van der Waals surface area contributed by atoms with Crippen LogP contribution in [0.15, 0.2) is 48.0 Å². The largest absolute Gasteiger partial charge is 0.289 e. The molecule has 1 nitrogen and oxygen atoms in total. The summed E-state index contributed by atoms with van der Waals surface area (Å²) in [6, 6.07) is 13.2. The highest BCUT2D eigenvalue weighted by molar-refractivity contribution is 6.42. The van der Waals surface area contributed by atoms with Crippen molar-refractivity contribution in [2.24, 2.45) is 0 Å². The molecule has 2 aromatic rings. The van der Waals surface area contributed by atoms with Crippen molar-refractivity contribution < 1.29 is 4.79 Å². The van der Waals surface area contributed by atoms with Gasteiger partial charge in [-0.15, -0.1) is 0 Å². The van der Waals surface area contributed by atoms with Crippen LogP contribution in [0.2, 0.25) is 10.0 Å². The molecule has 0 fully saturated rings. The Labute approximate surface area is 127 Å². The Morgan fingerprint density at radius 3 is 2.55 bits per heavy atom. The van der Waals surface area contributed by atoms with E-state index in [1.165, 1.54) is 0 Å². The molecule has 100 valence electrons. The van der Waals surface area contributed by atoms with E-state index in [4.69, 9.17) is 23.2 Å². The Kier molecular flexibility index (Phi) is 3.64. The maximum Gasteiger partial charge on any atom is 0.189 e.